The lowest BCUT2D eigenvalue weighted by molar-refractivity contribution is -0.149. The highest BCUT2D eigenvalue weighted by atomic mass is 16.6. The van der Waals surface area contributed by atoms with Gasteiger partial charge in [0.25, 0.3) is 0 Å². The van der Waals surface area contributed by atoms with Crippen LogP contribution in [0.5, 0.6) is 0 Å². The highest BCUT2D eigenvalue weighted by Gasteiger charge is 2.31. The summed E-state index contributed by atoms with van der Waals surface area (Å²) in [5.74, 6) is 0.189. The van der Waals surface area contributed by atoms with Gasteiger partial charge in [-0.15, -0.1) is 0 Å². The zero-order valence-corrected chi connectivity index (χ0v) is 13.8. The molecule has 0 amide bonds. The largest absolute Gasteiger partial charge is 0.464 e. The van der Waals surface area contributed by atoms with Crippen molar-refractivity contribution in [2.75, 3.05) is 19.8 Å². The minimum absolute atomic E-state index is 0.0703. The average Bonchev–Trinajstić information content (AvgIpc) is 2.22. The Labute approximate surface area is 119 Å². The number of hydrogen-bond donors (Lipinski definition) is 0. The molecule has 0 bridgehead atoms. The zero-order chi connectivity index (χ0) is 15.1. The van der Waals surface area contributed by atoms with Crippen LogP contribution in [-0.2, 0) is 14.3 Å². The third-order valence-corrected chi connectivity index (χ3v) is 3.91. The van der Waals surface area contributed by atoms with E-state index in [9.17, 15) is 4.79 Å². The molecular weight excluding hydrogens is 240 g/mol. The summed E-state index contributed by atoms with van der Waals surface area (Å²) < 4.78 is 10.4. The first kappa shape index (κ1) is 18.4. The second-order valence-corrected chi connectivity index (χ2v) is 7.37. The number of carbonyl (C=O) groups excluding carboxylic acids is 1. The van der Waals surface area contributed by atoms with Crippen LogP contribution in [0.2, 0.25) is 0 Å². The molecule has 114 valence electrons. The lowest BCUT2D eigenvalue weighted by Gasteiger charge is -2.39. The van der Waals surface area contributed by atoms with Crippen LogP contribution >= 0.6 is 0 Å². The molecule has 0 atom stereocenters. The van der Waals surface area contributed by atoms with Gasteiger partial charge in [-0.25, -0.2) is 4.79 Å². The van der Waals surface area contributed by atoms with Gasteiger partial charge in [-0.05, 0) is 29.6 Å². The van der Waals surface area contributed by atoms with Gasteiger partial charge in [0.1, 0.15) is 6.61 Å². The molecule has 0 aromatic carbocycles. The molecule has 0 unspecified atom stereocenters. The summed E-state index contributed by atoms with van der Waals surface area (Å²) in [6, 6.07) is 0. The number of rotatable bonds is 8. The van der Waals surface area contributed by atoms with Crippen LogP contribution in [0.4, 0.5) is 0 Å². The van der Waals surface area contributed by atoms with Crippen LogP contribution in [-0.4, -0.2) is 25.8 Å². The van der Waals surface area contributed by atoms with E-state index < -0.39 is 0 Å². The fourth-order valence-electron chi connectivity index (χ4n) is 1.49. The lowest BCUT2D eigenvalue weighted by atomic mass is 9.67. The van der Waals surface area contributed by atoms with Gasteiger partial charge < -0.3 is 9.47 Å². The van der Waals surface area contributed by atoms with Gasteiger partial charge in [-0.1, -0.05) is 48.5 Å². The second-order valence-electron chi connectivity index (χ2n) is 7.37. The first-order chi connectivity index (χ1) is 8.56. The SMILES string of the molecule is CC(C)COCC(=O)OCCCC(C)(C)C(C)(C)C. The summed E-state index contributed by atoms with van der Waals surface area (Å²) in [6.07, 6.45) is 1.96. The Morgan fingerprint density at radius 1 is 1.11 bits per heavy atom. The minimum atomic E-state index is -0.255. The van der Waals surface area contributed by atoms with Gasteiger partial charge in [-0.2, -0.15) is 0 Å². The average molecular weight is 272 g/mol. The zero-order valence-electron chi connectivity index (χ0n) is 13.8. The standard InChI is InChI=1S/C16H32O3/c1-13(2)11-18-12-14(17)19-10-8-9-16(6,7)15(3,4)5/h13H,8-12H2,1-7H3. The molecule has 0 rings (SSSR count). The van der Waals surface area contributed by atoms with Crippen molar-refractivity contribution in [3.05, 3.63) is 0 Å². The van der Waals surface area contributed by atoms with Crippen molar-refractivity contribution in [3.8, 4) is 0 Å². The van der Waals surface area contributed by atoms with Crippen LogP contribution in [0.1, 0.15) is 61.3 Å². The summed E-state index contributed by atoms with van der Waals surface area (Å²) in [5.41, 5.74) is 0.505. The number of ether oxygens (including phenoxy) is 2. The van der Waals surface area contributed by atoms with Crippen LogP contribution in [0.25, 0.3) is 0 Å². The third kappa shape index (κ3) is 8.25. The van der Waals surface area contributed by atoms with Gasteiger partial charge in [0.15, 0.2) is 0 Å². The maximum Gasteiger partial charge on any atom is 0.332 e. The first-order valence-corrected chi connectivity index (χ1v) is 7.29. The molecule has 3 nitrogen and oxygen atoms in total. The van der Waals surface area contributed by atoms with Gasteiger partial charge in [0.05, 0.1) is 6.61 Å². The Balaban J connectivity index is 3.72. The molecule has 0 heterocycles. The fraction of sp³-hybridized carbons (Fsp3) is 0.938. The van der Waals surface area contributed by atoms with E-state index in [0.717, 1.165) is 12.8 Å². The molecule has 0 saturated carbocycles. The highest BCUT2D eigenvalue weighted by molar-refractivity contribution is 5.70. The number of carbonyl (C=O) groups is 1. The maximum atomic E-state index is 11.4. The molecule has 0 radical (unpaired) electrons. The normalized spacial score (nSPS) is 12.8. The Hall–Kier alpha value is -0.570. The summed E-state index contributed by atoms with van der Waals surface area (Å²) in [6.45, 7) is 16.5. The molecule has 0 spiro atoms. The Bertz CT molecular complexity index is 262. The van der Waals surface area contributed by atoms with E-state index in [4.69, 9.17) is 9.47 Å². The van der Waals surface area contributed by atoms with Gasteiger partial charge >= 0.3 is 5.97 Å². The van der Waals surface area contributed by atoms with Gasteiger partial charge in [0, 0.05) is 6.61 Å². The predicted octanol–water partition coefficient (Wildman–Crippen LogP) is 4.05. The van der Waals surface area contributed by atoms with Crippen LogP contribution in [0.3, 0.4) is 0 Å². The summed E-state index contributed by atoms with van der Waals surface area (Å²) in [4.78, 5) is 11.4. The summed E-state index contributed by atoms with van der Waals surface area (Å²) >= 11 is 0. The molecule has 0 aliphatic rings. The molecular formula is C16H32O3. The van der Waals surface area contributed by atoms with Crippen molar-refractivity contribution in [2.24, 2.45) is 16.7 Å². The van der Waals surface area contributed by atoms with E-state index in [0.29, 0.717) is 19.1 Å². The van der Waals surface area contributed by atoms with E-state index in [-0.39, 0.29) is 23.4 Å². The van der Waals surface area contributed by atoms with Crippen molar-refractivity contribution in [1.29, 1.82) is 0 Å². The van der Waals surface area contributed by atoms with Crippen LogP contribution in [0.15, 0.2) is 0 Å². The van der Waals surface area contributed by atoms with Gasteiger partial charge in [-0.3, -0.25) is 0 Å². The second kappa shape index (κ2) is 7.88. The van der Waals surface area contributed by atoms with Gasteiger partial charge in [0.2, 0.25) is 0 Å². The Morgan fingerprint density at radius 2 is 1.68 bits per heavy atom. The molecule has 0 aliphatic carbocycles. The smallest absolute Gasteiger partial charge is 0.332 e. The minimum Gasteiger partial charge on any atom is -0.464 e. The Kier molecular flexibility index (Phi) is 7.65. The molecule has 0 saturated heterocycles. The topological polar surface area (TPSA) is 35.5 Å². The molecule has 0 N–H and O–H groups in total. The van der Waals surface area contributed by atoms with Crippen molar-refractivity contribution < 1.29 is 14.3 Å². The number of hydrogen-bond acceptors (Lipinski definition) is 3. The van der Waals surface area contributed by atoms with Crippen LogP contribution < -0.4 is 0 Å². The summed E-state index contributed by atoms with van der Waals surface area (Å²) in [7, 11) is 0. The summed E-state index contributed by atoms with van der Waals surface area (Å²) in [5, 5.41) is 0. The molecule has 0 aromatic rings. The highest BCUT2D eigenvalue weighted by Crippen LogP contribution is 2.41. The molecule has 19 heavy (non-hydrogen) atoms. The molecule has 0 aliphatic heterocycles. The van der Waals surface area contributed by atoms with E-state index in [1.807, 2.05) is 0 Å². The van der Waals surface area contributed by atoms with Crippen molar-refractivity contribution in [2.45, 2.75) is 61.3 Å². The monoisotopic (exact) mass is 272 g/mol. The fourth-order valence-corrected chi connectivity index (χ4v) is 1.49. The third-order valence-electron chi connectivity index (χ3n) is 3.91. The first-order valence-electron chi connectivity index (χ1n) is 7.29. The van der Waals surface area contributed by atoms with Crippen molar-refractivity contribution in [1.82, 2.24) is 0 Å². The molecule has 0 fully saturated rings. The van der Waals surface area contributed by atoms with E-state index in [2.05, 4.69) is 48.5 Å². The Morgan fingerprint density at radius 3 is 2.16 bits per heavy atom. The molecule has 0 aromatic heterocycles. The quantitative estimate of drug-likeness (QED) is 0.494. The van der Waals surface area contributed by atoms with Crippen molar-refractivity contribution in [3.63, 3.8) is 0 Å². The maximum absolute atomic E-state index is 11.4. The van der Waals surface area contributed by atoms with E-state index >= 15 is 0 Å². The lowest BCUT2D eigenvalue weighted by Crippen LogP contribution is -2.30. The number of esters is 1. The van der Waals surface area contributed by atoms with E-state index in [1.54, 1.807) is 0 Å². The van der Waals surface area contributed by atoms with Crippen molar-refractivity contribution >= 4 is 5.97 Å². The van der Waals surface area contributed by atoms with E-state index in [1.165, 1.54) is 0 Å². The predicted molar refractivity (Wildman–Crippen MR) is 79.1 cm³/mol. The molecule has 3 heteroatoms. The van der Waals surface area contributed by atoms with Crippen LogP contribution in [0, 0.1) is 16.7 Å².